The second-order valence-corrected chi connectivity index (χ2v) is 2.31. The lowest BCUT2D eigenvalue weighted by Gasteiger charge is -2.04. The van der Waals surface area contributed by atoms with Crippen molar-refractivity contribution in [3.05, 3.63) is 42.7 Å². The third-order valence-electron chi connectivity index (χ3n) is 1.40. The van der Waals surface area contributed by atoms with Gasteiger partial charge in [-0.1, -0.05) is 31.7 Å². The molecule has 1 nitrogen and oxygen atoms in total. The molecule has 1 rings (SSSR count). The molecule has 0 aliphatic rings. The molecular weight excluding hydrogens is 136 g/mol. The van der Waals surface area contributed by atoms with Crippen LogP contribution >= 0.6 is 0 Å². The van der Waals surface area contributed by atoms with Gasteiger partial charge < -0.3 is 4.74 Å². The van der Waals surface area contributed by atoms with Gasteiger partial charge in [-0.05, 0) is 12.1 Å². The number of ether oxygens (including phenoxy) is 1. The van der Waals surface area contributed by atoms with Crippen molar-refractivity contribution in [2.75, 3.05) is 0 Å². The summed E-state index contributed by atoms with van der Waals surface area (Å²) in [5.74, 6) is 1.66. The SMILES string of the molecule is C=C(CC)Oc1ccccc1. The molecule has 58 valence electrons. The molecule has 0 fully saturated rings. The molecule has 1 aromatic rings. The summed E-state index contributed by atoms with van der Waals surface area (Å²) < 4.78 is 5.37. The number of para-hydroxylation sites is 1. The lowest BCUT2D eigenvalue weighted by atomic mass is 10.3. The summed E-state index contributed by atoms with van der Waals surface area (Å²) in [5.41, 5.74) is 0. The number of hydrogen-bond acceptors (Lipinski definition) is 1. The molecule has 0 aliphatic carbocycles. The molecule has 0 saturated carbocycles. The fourth-order valence-corrected chi connectivity index (χ4v) is 0.727. The van der Waals surface area contributed by atoms with Gasteiger partial charge >= 0.3 is 0 Å². The summed E-state index contributed by atoms with van der Waals surface area (Å²) >= 11 is 0. The molecule has 0 radical (unpaired) electrons. The quantitative estimate of drug-likeness (QED) is 0.599. The Morgan fingerprint density at radius 1 is 1.36 bits per heavy atom. The number of hydrogen-bond donors (Lipinski definition) is 0. The smallest absolute Gasteiger partial charge is 0.126 e. The van der Waals surface area contributed by atoms with Gasteiger partial charge in [0.2, 0.25) is 0 Å². The minimum absolute atomic E-state index is 0.802. The summed E-state index contributed by atoms with van der Waals surface area (Å²) in [5, 5.41) is 0. The van der Waals surface area contributed by atoms with Crippen molar-refractivity contribution in [2.24, 2.45) is 0 Å². The van der Waals surface area contributed by atoms with E-state index in [0.29, 0.717) is 0 Å². The van der Waals surface area contributed by atoms with Crippen LogP contribution in [0.3, 0.4) is 0 Å². The Kier molecular flexibility index (Phi) is 2.73. The summed E-state index contributed by atoms with van der Waals surface area (Å²) in [6, 6.07) is 9.68. The van der Waals surface area contributed by atoms with Crippen molar-refractivity contribution in [3.63, 3.8) is 0 Å². The van der Waals surface area contributed by atoms with Crippen LogP contribution in [0.25, 0.3) is 0 Å². The number of benzene rings is 1. The zero-order valence-corrected chi connectivity index (χ0v) is 6.71. The van der Waals surface area contributed by atoms with E-state index in [0.717, 1.165) is 17.9 Å². The van der Waals surface area contributed by atoms with Gasteiger partial charge in [0.05, 0.1) is 5.76 Å². The monoisotopic (exact) mass is 148 g/mol. The van der Waals surface area contributed by atoms with E-state index in [4.69, 9.17) is 4.74 Å². The van der Waals surface area contributed by atoms with Crippen LogP contribution in [0.15, 0.2) is 42.7 Å². The predicted molar refractivity (Wildman–Crippen MR) is 46.5 cm³/mol. The first-order chi connectivity index (χ1) is 5.33. The van der Waals surface area contributed by atoms with Crippen molar-refractivity contribution in [2.45, 2.75) is 13.3 Å². The van der Waals surface area contributed by atoms with E-state index >= 15 is 0 Å². The fraction of sp³-hybridized carbons (Fsp3) is 0.200. The molecule has 0 saturated heterocycles. The summed E-state index contributed by atoms with van der Waals surface area (Å²) in [6.07, 6.45) is 0.856. The molecule has 0 heterocycles. The standard InChI is InChI=1S/C10H12O/c1-3-9(2)11-10-7-5-4-6-8-10/h4-8H,2-3H2,1H3. The highest BCUT2D eigenvalue weighted by Gasteiger charge is 1.92. The third-order valence-corrected chi connectivity index (χ3v) is 1.40. The summed E-state index contributed by atoms with van der Waals surface area (Å²) in [6.45, 7) is 5.77. The highest BCUT2D eigenvalue weighted by Crippen LogP contribution is 2.12. The second kappa shape index (κ2) is 3.81. The Balaban J connectivity index is 2.58. The maximum atomic E-state index is 5.37. The summed E-state index contributed by atoms with van der Waals surface area (Å²) in [7, 11) is 0. The van der Waals surface area contributed by atoms with E-state index < -0.39 is 0 Å². The van der Waals surface area contributed by atoms with Gasteiger partial charge in [0.25, 0.3) is 0 Å². The predicted octanol–water partition coefficient (Wildman–Crippen LogP) is 2.99. The Morgan fingerprint density at radius 3 is 2.55 bits per heavy atom. The maximum absolute atomic E-state index is 5.37. The number of rotatable bonds is 3. The van der Waals surface area contributed by atoms with Crippen LogP contribution in [0.1, 0.15) is 13.3 Å². The topological polar surface area (TPSA) is 9.23 Å². The van der Waals surface area contributed by atoms with Crippen LogP contribution in [-0.4, -0.2) is 0 Å². The van der Waals surface area contributed by atoms with Crippen LogP contribution < -0.4 is 4.74 Å². The average Bonchev–Trinajstić information content (AvgIpc) is 2.06. The van der Waals surface area contributed by atoms with Crippen molar-refractivity contribution in [1.82, 2.24) is 0 Å². The lowest BCUT2D eigenvalue weighted by Crippen LogP contribution is -1.90. The van der Waals surface area contributed by atoms with Crippen LogP contribution in [0.4, 0.5) is 0 Å². The molecule has 11 heavy (non-hydrogen) atoms. The molecule has 0 amide bonds. The highest BCUT2D eigenvalue weighted by atomic mass is 16.5. The van der Waals surface area contributed by atoms with Gasteiger partial charge in [0.15, 0.2) is 0 Å². The molecule has 0 atom stereocenters. The molecule has 0 bridgehead atoms. The zero-order valence-electron chi connectivity index (χ0n) is 6.71. The van der Waals surface area contributed by atoms with E-state index in [-0.39, 0.29) is 0 Å². The molecule has 1 heteroatoms. The minimum atomic E-state index is 0.802. The van der Waals surface area contributed by atoms with E-state index in [1.807, 2.05) is 37.3 Å². The first-order valence-electron chi connectivity index (χ1n) is 3.73. The Labute approximate surface area is 67.3 Å². The van der Waals surface area contributed by atoms with Crippen LogP contribution in [0.2, 0.25) is 0 Å². The highest BCUT2D eigenvalue weighted by molar-refractivity contribution is 5.22. The Hall–Kier alpha value is -1.24. The zero-order chi connectivity index (χ0) is 8.10. The first-order valence-corrected chi connectivity index (χ1v) is 3.73. The molecule has 0 spiro atoms. The minimum Gasteiger partial charge on any atom is -0.462 e. The van der Waals surface area contributed by atoms with Crippen molar-refractivity contribution < 1.29 is 4.74 Å². The molecule has 0 aromatic heterocycles. The van der Waals surface area contributed by atoms with E-state index in [2.05, 4.69) is 6.58 Å². The third kappa shape index (κ3) is 2.46. The average molecular weight is 148 g/mol. The molecule has 1 aromatic carbocycles. The van der Waals surface area contributed by atoms with Crippen molar-refractivity contribution in [1.29, 1.82) is 0 Å². The second-order valence-electron chi connectivity index (χ2n) is 2.31. The largest absolute Gasteiger partial charge is 0.462 e. The Bertz CT molecular complexity index is 226. The van der Waals surface area contributed by atoms with Crippen molar-refractivity contribution >= 4 is 0 Å². The fourth-order valence-electron chi connectivity index (χ4n) is 0.727. The lowest BCUT2D eigenvalue weighted by molar-refractivity contribution is 0.412. The molecule has 0 aliphatic heterocycles. The number of allylic oxidation sites excluding steroid dienone is 1. The van der Waals surface area contributed by atoms with Gasteiger partial charge in [-0.25, -0.2) is 0 Å². The van der Waals surface area contributed by atoms with E-state index in [1.165, 1.54) is 0 Å². The van der Waals surface area contributed by atoms with Gasteiger partial charge in [0.1, 0.15) is 5.75 Å². The molecular formula is C10H12O. The van der Waals surface area contributed by atoms with Gasteiger partial charge in [-0.2, -0.15) is 0 Å². The van der Waals surface area contributed by atoms with Crippen molar-refractivity contribution in [3.8, 4) is 5.75 Å². The van der Waals surface area contributed by atoms with Crippen LogP contribution in [-0.2, 0) is 0 Å². The van der Waals surface area contributed by atoms with Gasteiger partial charge in [-0.15, -0.1) is 0 Å². The van der Waals surface area contributed by atoms with Gasteiger partial charge in [-0.3, -0.25) is 0 Å². The first kappa shape index (κ1) is 7.86. The normalized spacial score (nSPS) is 9.18. The molecule has 0 N–H and O–H groups in total. The molecule has 0 unspecified atom stereocenters. The van der Waals surface area contributed by atoms with Crippen LogP contribution in [0.5, 0.6) is 5.75 Å². The van der Waals surface area contributed by atoms with E-state index in [1.54, 1.807) is 0 Å². The van der Waals surface area contributed by atoms with Gasteiger partial charge in [0, 0.05) is 6.42 Å². The van der Waals surface area contributed by atoms with Crippen LogP contribution in [0, 0.1) is 0 Å². The van der Waals surface area contributed by atoms with E-state index in [9.17, 15) is 0 Å². The Morgan fingerprint density at radius 2 is 2.00 bits per heavy atom. The summed E-state index contributed by atoms with van der Waals surface area (Å²) in [4.78, 5) is 0. The maximum Gasteiger partial charge on any atom is 0.126 e.